The highest BCUT2D eigenvalue weighted by molar-refractivity contribution is 8.00. The van der Waals surface area contributed by atoms with Gasteiger partial charge in [-0.15, -0.1) is 0 Å². The van der Waals surface area contributed by atoms with E-state index in [0.717, 1.165) is 5.75 Å². The Morgan fingerprint density at radius 1 is 1.20 bits per heavy atom. The van der Waals surface area contributed by atoms with Crippen LogP contribution in [-0.4, -0.2) is 26.0 Å². The SMILES string of the molecule is O=S(=O)(Cc1ccc(F)cc1)NCCSC1CCCC1. The molecule has 0 unspecified atom stereocenters. The van der Waals surface area contributed by atoms with E-state index in [1.165, 1.54) is 49.9 Å². The fraction of sp³-hybridized carbons (Fsp3) is 0.571. The molecule has 112 valence electrons. The predicted molar refractivity (Wildman–Crippen MR) is 81.7 cm³/mol. The van der Waals surface area contributed by atoms with Gasteiger partial charge in [0.1, 0.15) is 5.82 Å². The molecule has 0 radical (unpaired) electrons. The maximum Gasteiger partial charge on any atom is 0.215 e. The molecule has 0 aliphatic heterocycles. The van der Waals surface area contributed by atoms with E-state index in [4.69, 9.17) is 0 Å². The molecule has 0 spiro atoms. The first-order chi connectivity index (χ1) is 9.55. The van der Waals surface area contributed by atoms with Crippen LogP contribution in [0.4, 0.5) is 4.39 Å². The molecule has 0 atom stereocenters. The second kappa shape index (κ2) is 7.43. The van der Waals surface area contributed by atoms with Gasteiger partial charge in [0.2, 0.25) is 10.0 Å². The number of hydrogen-bond acceptors (Lipinski definition) is 3. The second-order valence-electron chi connectivity index (χ2n) is 5.06. The fourth-order valence-electron chi connectivity index (χ4n) is 2.33. The number of nitrogens with one attached hydrogen (secondary N) is 1. The van der Waals surface area contributed by atoms with Gasteiger partial charge in [0.05, 0.1) is 5.75 Å². The summed E-state index contributed by atoms with van der Waals surface area (Å²) in [6, 6.07) is 5.56. The Labute approximate surface area is 124 Å². The van der Waals surface area contributed by atoms with Crippen LogP contribution >= 0.6 is 11.8 Å². The van der Waals surface area contributed by atoms with E-state index in [2.05, 4.69) is 4.72 Å². The first-order valence-electron chi connectivity index (χ1n) is 6.88. The summed E-state index contributed by atoms with van der Waals surface area (Å²) in [5.41, 5.74) is 0.599. The molecule has 6 heteroatoms. The van der Waals surface area contributed by atoms with Crippen LogP contribution < -0.4 is 4.72 Å². The molecule has 1 aromatic carbocycles. The van der Waals surface area contributed by atoms with E-state index in [1.54, 1.807) is 0 Å². The van der Waals surface area contributed by atoms with Gasteiger partial charge in [-0.25, -0.2) is 17.5 Å². The smallest absolute Gasteiger partial charge is 0.214 e. The molecule has 1 aliphatic rings. The molecule has 1 fully saturated rings. The van der Waals surface area contributed by atoms with Crippen LogP contribution in [0.15, 0.2) is 24.3 Å². The molecule has 0 aromatic heterocycles. The summed E-state index contributed by atoms with van der Waals surface area (Å²) in [5, 5.41) is 0.705. The maximum atomic E-state index is 12.7. The van der Waals surface area contributed by atoms with Gasteiger partial charge in [-0.3, -0.25) is 0 Å². The quantitative estimate of drug-likeness (QED) is 0.787. The summed E-state index contributed by atoms with van der Waals surface area (Å²) in [7, 11) is -3.33. The molecule has 1 N–H and O–H groups in total. The van der Waals surface area contributed by atoms with Crippen molar-refractivity contribution in [3.8, 4) is 0 Å². The van der Waals surface area contributed by atoms with E-state index in [0.29, 0.717) is 17.4 Å². The second-order valence-corrected chi connectivity index (χ2v) is 8.27. The molecule has 3 nitrogen and oxygen atoms in total. The molecule has 1 aromatic rings. The molecule has 1 saturated carbocycles. The molecule has 20 heavy (non-hydrogen) atoms. The average molecular weight is 317 g/mol. The summed E-state index contributed by atoms with van der Waals surface area (Å²) in [4.78, 5) is 0. The number of hydrogen-bond donors (Lipinski definition) is 1. The Kier molecular flexibility index (Phi) is 5.86. The zero-order valence-electron chi connectivity index (χ0n) is 11.3. The highest BCUT2D eigenvalue weighted by Gasteiger charge is 2.16. The van der Waals surface area contributed by atoms with Crippen molar-refractivity contribution >= 4 is 21.8 Å². The van der Waals surface area contributed by atoms with Crippen LogP contribution in [0.2, 0.25) is 0 Å². The Bertz CT molecular complexity index is 510. The van der Waals surface area contributed by atoms with Crippen LogP contribution in [0.3, 0.4) is 0 Å². The number of rotatable bonds is 7. The number of thioether (sulfide) groups is 1. The number of benzene rings is 1. The lowest BCUT2D eigenvalue weighted by Gasteiger charge is -2.10. The molecule has 0 bridgehead atoms. The van der Waals surface area contributed by atoms with E-state index in [9.17, 15) is 12.8 Å². The van der Waals surface area contributed by atoms with Crippen molar-refractivity contribution in [2.24, 2.45) is 0 Å². The highest BCUT2D eigenvalue weighted by Crippen LogP contribution is 2.28. The third kappa shape index (κ3) is 5.42. The van der Waals surface area contributed by atoms with Crippen LogP contribution in [0.1, 0.15) is 31.2 Å². The fourth-order valence-corrected chi connectivity index (χ4v) is 4.82. The topological polar surface area (TPSA) is 46.2 Å². The number of sulfonamides is 1. The lowest BCUT2D eigenvalue weighted by molar-refractivity contribution is 0.583. The number of halogens is 1. The minimum absolute atomic E-state index is 0.0959. The minimum atomic E-state index is -3.33. The normalized spacial score (nSPS) is 16.6. The molecule has 0 saturated heterocycles. The van der Waals surface area contributed by atoms with Crippen molar-refractivity contribution in [2.75, 3.05) is 12.3 Å². The van der Waals surface area contributed by atoms with Gasteiger partial charge in [0.25, 0.3) is 0 Å². The predicted octanol–water partition coefficient (Wildman–Crippen LogP) is 2.92. The Morgan fingerprint density at radius 3 is 2.50 bits per heavy atom. The molecule has 0 heterocycles. The summed E-state index contributed by atoms with van der Waals surface area (Å²) >= 11 is 1.86. The van der Waals surface area contributed by atoms with Gasteiger partial charge in [-0.2, -0.15) is 11.8 Å². The van der Waals surface area contributed by atoms with Crippen LogP contribution in [0.25, 0.3) is 0 Å². The summed E-state index contributed by atoms with van der Waals surface area (Å²) < 4.78 is 39.1. The van der Waals surface area contributed by atoms with E-state index in [1.807, 2.05) is 11.8 Å². The van der Waals surface area contributed by atoms with Gasteiger partial charge < -0.3 is 0 Å². The van der Waals surface area contributed by atoms with Crippen molar-refractivity contribution in [2.45, 2.75) is 36.7 Å². The van der Waals surface area contributed by atoms with E-state index < -0.39 is 10.0 Å². The first kappa shape index (κ1) is 15.8. The van der Waals surface area contributed by atoms with Gasteiger partial charge >= 0.3 is 0 Å². The van der Waals surface area contributed by atoms with Crippen molar-refractivity contribution in [3.05, 3.63) is 35.6 Å². The molecular formula is C14H20FNO2S2. The van der Waals surface area contributed by atoms with Crippen LogP contribution in [0.5, 0.6) is 0 Å². The average Bonchev–Trinajstić information content (AvgIpc) is 2.90. The van der Waals surface area contributed by atoms with Crippen LogP contribution in [-0.2, 0) is 15.8 Å². The Morgan fingerprint density at radius 2 is 1.85 bits per heavy atom. The Hall–Kier alpha value is -0.590. The van der Waals surface area contributed by atoms with Crippen molar-refractivity contribution in [3.63, 3.8) is 0 Å². The zero-order valence-corrected chi connectivity index (χ0v) is 13.0. The summed E-state index contributed by atoms with van der Waals surface area (Å²) in [5.74, 6) is 0.362. The van der Waals surface area contributed by atoms with Crippen LogP contribution in [0, 0.1) is 5.82 Å². The van der Waals surface area contributed by atoms with Gasteiger partial charge in [-0.05, 0) is 30.5 Å². The van der Waals surface area contributed by atoms with E-state index in [-0.39, 0.29) is 11.6 Å². The van der Waals surface area contributed by atoms with E-state index >= 15 is 0 Å². The molecule has 2 rings (SSSR count). The standard InChI is InChI=1S/C14H20FNO2S2/c15-13-7-5-12(6-8-13)11-20(17,18)16-9-10-19-14-3-1-2-4-14/h5-8,14,16H,1-4,9-11H2. The molecular weight excluding hydrogens is 297 g/mol. The largest absolute Gasteiger partial charge is 0.215 e. The maximum absolute atomic E-state index is 12.7. The third-order valence-electron chi connectivity index (χ3n) is 3.35. The van der Waals surface area contributed by atoms with Crippen molar-refractivity contribution < 1.29 is 12.8 Å². The highest BCUT2D eigenvalue weighted by atomic mass is 32.2. The van der Waals surface area contributed by atoms with Gasteiger partial charge in [-0.1, -0.05) is 25.0 Å². The molecule has 1 aliphatic carbocycles. The lowest BCUT2D eigenvalue weighted by Crippen LogP contribution is -2.27. The minimum Gasteiger partial charge on any atom is -0.214 e. The van der Waals surface area contributed by atoms with Crippen molar-refractivity contribution in [1.29, 1.82) is 0 Å². The lowest BCUT2D eigenvalue weighted by atomic mass is 10.2. The first-order valence-corrected chi connectivity index (χ1v) is 9.59. The summed E-state index contributed by atoms with van der Waals surface area (Å²) in [6.07, 6.45) is 5.11. The monoisotopic (exact) mass is 317 g/mol. The van der Waals surface area contributed by atoms with Gasteiger partial charge in [0, 0.05) is 17.5 Å². The summed E-state index contributed by atoms with van der Waals surface area (Å²) in [6.45, 7) is 0.463. The van der Waals surface area contributed by atoms with Gasteiger partial charge in [0.15, 0.2) is 0 Å². The van der Waals surface area contributed by atoms with Crippen molar-refractivity contribution in [1.82, 2.24) is 4.72 Å². The Balaban J connectivity index is 1.71. The zero-order chi connectivity index (χ0) is 14.4. The molecule has 0 amide bonds. The third-order valence-corrected chi connectivity index (χ3v) is 6.09.